The number of hydrogen-bond donors (Lipinski definition) is 0. The van der Waals surface area contributed by atoms with E-state index in [1.54, 1.807) is 36.4 Å². The van der Waals surface area contributed by atoms with E-state index >= 15 is 0 Å². The zero-order chi connectivity index (χ0) is 25.9. The summed E-state index contributed by atoms with van der Waals surface area (Å²) in [6.45, 7) is 14.3. The minimum atomic E-state index is -2.67. The Bertz CT molecular complexity index is 914. The summed E-state index contributed by atoms with van der Waals surface area (Å²) in [5.74, 6) is 0.283. The molecule has 2 aromatic carbocycles. The van der Waals surface area contributed by atoms with Crippen molar-refractivity contribution in [3.05, 3.63) is 65.2 Å². The van der Waals surface area contributed by atoms with Gasteiger partial charge in [-0.25, -0.2) is 0 Å². The molecule has 0 aliphatic carbocycles. The molecule has 0 fully saturated rings. The van der Waals surface area contributed by atoms with E-state index in [1.165, 1.54) is 0 Å². The average Bonchev–Trinajstić information content (AvgIpc) is 2.82. The second kappa shape index (κ2) is 13.7. The third-order valence-corrected chi connectivity index (χ3v) is 8.71. The van der Waals surface area contributed by atoms with Gasteiger partial charge in [0.25, 0.3) is 0 Å². The molecule has 0 unspecified atom stereocenters. The molecule has 0 aromatic heterocycles. The first-order chi connectivity index (χ1) is 16.6. The van der Waals surface area contributed by atoms with Gasteiger partial charge in [0.15, 0.2) is 11.6 Å². The first kappa shape index (κ1) is 28.9. The molecule has 6 nitrogen and oxygen atoms in total. The molecule has 0 radical (unpaired) electrons. The fourth-order valence-corrected chi connectivity index (χ4v) is 6.30. The lowest BCUT2D eigenvalue weighted by Crippen LogP contribution is -2.46. The predicted molar refractivity (Wildman–Crippen MR) is 140 cm³/mol. The normalized spacial score (nSPS) is 11.9. The highest BCUT2D eigenvalue weighted by Crippen LogP contribution is 2.23. The lowest BCUT2D eigenvalue weighted by Gasteiger charge is -2.28. The van der Waals surface area contributed by atoms with Crippen molar-refractivity contribution in [1.29, 1.82) is 0 Å². The summed E-state index contributed by atoms with van der Waals surface area (Å²) < 4.78 is 23.4. The second-order valence-corrected chi connectivity index (χ2v) is 12.0. The molecule has 0 saturated heterocycles. The number of rotatable bonds is 15. The van der Waals surface area contributed by atoms with E-state index in [2.05, 4.69) is 20.8 Å². The van der Waals surface area contributed by atoms with Crippen LogP contribution < -0.4 is 4.74 Å². The van der Waals surface area contributed by atoms with Crippen LogP contribution in [0.5, 0.6) is 5.75 Å². The molecule has 0 spiro atoms. The number of ether oxygens (including phenoxy) is 1. The molecule has 192 valence electrons. The van der Waals surface area contributed by atoms with Gasteiger partial charge in [0.1, 0.15) is 5.75 Å². The maximum absolute atomic E-state index is 12.6. The zero-order valence-corrected chi connectivity index (χ0v) is 23.0. The topological polar surface area (TPSA) is 71.1 Å². The molecule has 35 heavy (non-hydrogen) atoms. The third kappa shape index (κ3) is 9.00. The van der Waals surface area contributed by atoms with Crippen molar-refractivity contribution >= 4 is 20.4 Å². The summed E-state index contributed by atoms with van der Waals surface area (Å²) >= 11 is 0. The average molecular weight is 501 g/mol. The number of Topliss-reactive ketones (excluding diaryl/α,β-unsaturated/α-hetero) is 2. The van der Waals surface area contributed by atoms with Gasteiger partial charge < -0.3 is 18.0 Å². The predicted octanol–water partition coefficient (Wildman–Crippen LogP) is 6.26. The first-order valence-electron chi connectivity index (χ1n) is 12.5. The Labute approximate surface area is 211 Å². The molecule has 0 bridgehead atoms. The van der Waals surface area contributed by atoms with Crippen LogP contribution in [0.15, 0.2) is 48.5 Å². The van der Waals surface area contributed by atoms with Crippen LogP contribution in [-0.4, -0.2) is 46.8 Å². The van der Waals surface area contributed by atoms with Gasteiger partial charge in [-0.3, -0.25) is 9.59 Å². The Morgan fingerprint density at radius 3 is 1.63 bits per heavy atom. The molecular formula is C28H40O6Si. The van der Waals surface area contributed by atoms with Gasteiger partial charge in [-0.05, 0) is 62.4 Å². The van der Waals surface area contributed by atoms with Crippen molar-refractivity contribution in [3.63, 3.8) is 0 Å². The van der Waals surface area contributed by atoms with Gasteiger partial charge in [-0.2, -0.15) is 0 Å². The van der Waals surface area contributed by atoms with Crippen LogP contribution in [0.25, 0.3) is 0 Å². The summed E-state index contributed by atoms with van der Waals surface area (Å²) in [6.07, 6.45) is 0.573. The Morgan fingerprint density at radius 2 is 1.20 bits per heavy atom. The maximum atomic E-state index is 12.6. The Hall–Kier alpha value is -2.32. The van der Waals surface area contributed by atoms with Crippen LogP contribution >= 0.6 is 0 Å². The lowest BCUT2D eigenvalue weighted by atomic mass is 9.86. The summed E-state index contributed by atoms with van der Waals surface area (Å²) in [6, 6.07) is 15.1. The van der Waals surface area contributed by atoms with Crippen molar-refractivity contribution in [2.45, 2.75) is 65.8 Å². The standard InChI is InChI=1S/C28H40O6Si/c1-7-32-35(33-8-2,34-9-3)20-10-19-31-25-17-13-23(14-18-25)27(30)21-26(29)22-11-15-24(16-12-22)28(4,5)6/h11-18H,7-10,19-21H2,1-6H3. The van der Waals surface area contributed by atoms with Crippen LogP contribution in [0.1, 0.15) is 80.7 Å². The minimum Gasteiger partial charge on any atom is -0.494 e. The number of carbonyl (C=O) groups is 2. The van der Waals surface area contributed by atoms with Crippen LogP contribution in [0, 0.1) is 0 Å². The molecule has 0 saturated carbocycles. The quantitative estimate of drug-likeness (QED) is 0.124. The van der Waals surface area contributed by atoms with Crippen LogP contribution in [0.2, 0.25) is 6.04 Å². The van der Waals surface area contributed by atoms with Gasteiger partial charge in [0.2, 0.25) is 0 Å². The molecule has 0 N–H and O–H groups in total. The summed E-state index contributed by atoms with van der Waals surface area (Å²) in [5, 5.41) is 0. The Kier molecular flexibility index (Phi) is 11.3. The van der Waals surface area contributed by atoms with E-state index < -0.39 is 8.80 Å². The van der Waals surface area contributed by atoms with E-state index in [-0.39, 0.29) is 23.4 Å². The summed E-state index contributed by atoms with van der Waals surface area (Å²) in [5.41, 5.74) is 2.21. The Balaban J connectivity index is 1.87. The van der Waals surface area contributed by atoms with Gasteiger partial charge in [-0.1, -0.05) is 45.0 Å². The van der Waals surface area contributed by atoms with Crippen molar-refractivity contribution in [2.24, 2.45) is 0 Å². The number of benzene rings is 2. The highest BCUT2D eigenvalue weighted by Gasteiger charge is 2.39. The van der Waals surface area contributed by atoms with Crippen molar-refractivity contribution < 1.29 is 27.6 Å². The summed E-state index contributed by atoms with van der Waals surface area (Å²) in [4.78, 5) is 25.2. The van der Waals surface area contributed by atoms with Crippen LogP contribution in [0.4, 0.5) is 0 Å². The molecule has 2 rings (SSSR count). The molecule has 0 amide bonds. The number of carbonyl (C=O) groups excluding carboxylic acids is 2. The van der Waals surface area contributed by atoms with E-state index in [4.69, 9.17) is 18.0 Å². The molecule has 0 heterocycles. The fourth-order valence-electron chi connectivity index (χ4n) is 3.72. The number of hydrogen-bond acceptors (Lipinski definition) is 6. The second-order valence-electron chi connectivity index (χ2n) is 9.31. The van der Waals surface area contributed by atoms with E-state index in [0.717, 1.165) is 12.0 Å². The highest BCUT2D eigenvalue weighted by molar-refractivity contribution is 6.60. The van der Waals surface area contributed by atoms with Gasteiger partial charge in [-0.15, -0.1) is 0 Å². The lowest BCUT2D eigenvalue weighted by molar-refractivity contribution is 0.0696. The van der Waals surface area contributed by atoms with E-state index in [1.807, 2.05) is 32.9 Å². The largest absolute Gasteiger partial charge is 0.501 e. The zero-order valence-electron chi connectivity index (χ0n) is 22.0. The van der Waals surface area contributed by atoms with Gasteiger partial charge in [0, 0.05) is 37.0 Å². The molecule has 7 heteroatoms. The van der Waals surface area contributed by atoms with Crippen LogP contribution in [0.3, 0.4) is 0 Å². The van der Waals surface area contributed by atoms with Crippen molar-refractivity contribution in [2.75, 3.05) is 26.4 Å². The summed E-state index contributed by atoms with van der Waals surface area (Å²) in [7, 11) is -2.67. The molecular weight excluding hydrogens is 460 g/mol. The fraction of sp³-hybridized carbons (Fsp3) is 0.500. The van der Waals surface area contributed by atoms with E-state index in [9.17, 15) is 9.59 Å². The monoisotopic (exact) mass is 500 g/mol. The number of ketones is 2. The first-order valence-corrected chi connectivity index (χ1v) is 14.4. The minimum absolute atomic E-state index is 0.0160. The molecule has 0 aliphatic heterocycles. The molecule has 0 aliphatic rings. The van der Waals surface area contributed by atoms with E-state index in [0.29, 0.717) is 49.3 Å². The van der Waals surface area contributed by atoms with Crippen molar-refractivity contribution in [3.8, 4) is 5.75 Å². The Morgan fingerprint density at radius 1 is 0.743 bits per heavy atom. The smallest absolute Gasteiger partial charge is 0.494 e. The maximum Gasteiger partial charge on any atom is 0.501 e. The van der Waals surface area contributed by atoms with Crippen LogP contribution in [-0.2, 0) is 18.7 Å². The van der Waals surface area contributed by atoms with Gasteiger partial charge >= 0.3 is 8.80 Å². The highest BCUT2D eigenvalue weighted by atomic mass is 28.4. The third-order valence-electron chi connectivity index (χ3n) is 5.56. The molecule has 2 aromatic rings. The molecule has 0 atom stereocenters. The van der Waals surface area contributed by atoms with Gasteiger partial charge in [0.05, 0.1) is 13.0 Å². The SMILES string of the molecule is CCO[Si](CCCOc1ccc(C(=O)CC(=O)c2ccc(C(C)(C)C)cc2)cc1)(OCC)OCC. The van der Waals surface area contributed by atoms with Crippen molar-refractivity contribution in [1.82, 2.24) is 0 Å².